The Morgan fingerprint density at radius 3 is 2.24 bits per heavy atom. The summed E-state index contributed by atoms with van der Waals surface area (Å²) in [5.41, 5.74) is 1.37. The molecule has 0 aliphatic heterocycles. The van der Waals surface area contributed by atoms with Gasteiger partial charge < -0.3 is 20.1 Å². The minimum absolute atomic E-state index is 0.472. The van der Waals surface area contributed by atoms with Gasteiger partial charge in [0.05, 0.1) is 14.2 Å². The van der Waals surface area contributed by atoms with Gasteiger partial charge in [0.1, 0.15) is 6.04 Å². The number of nitrogens with one attached hydrogen (secondary N) is 3. The molecule has 7 heteroatoms. The zero-order valence-corrected chi connectivity index (χ0v) is 14.3. The van der Waals surface area contributed by atoms with Gasteiger partial charge in [-0.3, -0.25) is 10.1 Å². The van der Waals surface area contributed by atoms with Crippen LogP contribution in [0.4, 0.5) is 10.5 Å². The molecule has 0 unspecified atom stereocenters. The van der Waals surface area contributed by atoms with Crippen molar-refractivity contribution in [2.45, 2.75) is 6.04 Å². The normalized spacial score (nSPS) is 11.2. The van der Waals surface area contributed by atoms with E-state index >= 15 is 0 Å². The summed E-state index contributed by atoms with van der Waals surface area (Å²) in [5, 5.41) is 7.78. The van der Waals surface area contributed by atoms with Gasteiger partial charge in [0.2, 0.25) is 0 Å². The topological polar surface area (TPSA) is 88.7 Å². The largest absolute Gasteiger partial charge is 0.493 e. The van der Waals surface area contributed by atoms with Crippen LogP contribution in [0.5, 0.6) is 11.5 Å². The van der Waals surface area contributed by atoms with Gasteiger partial charge >= 0.3 is 6.03 Å². The van der Waals surface area contributed by atoms with Crippen molar-refractivity contribution in [2.75, 3.05) is 26.6 Å². The number of ether oxygens (including phenoxy) is 2. The van der Waals surface area contributed by atoms with Crippen LogP contribution in [0.25, 0.3) is 0 Å². The van der Waals surface area contributed by atoms with E-state index in [1.807, 2.05) is 30.3 Å². The van der Waals surface area contributed by atoms with Gasteiger partial charge in [-0.15, -0.1) is 0 Å². The Bertz CT molecular complexity index is 734. The van der Waals surface area contributed by atoms with Gasteiger partial charge in [-0.1, -0.05) is 30.3 Å². The smallest absolute Gasteiger partial charge is 0.321 e. The van der Waals surface area contributed by atoms with Crippen molar-refractivity contribution in [3.05, 3.63) is 54.1 Å². The fraction of sp³-hybridized carbons (Fsp3) is 0.222. The molecule has 2 aromatic carbocycles. The summed E-state index contributed by atoms with van der Waals surface area (Å²) in [4.78, 5) is 24.0. The number of rotatable bonds is 6. The highest BCUT2D eigenvalue weighted by atomic mass is 16.5. The van der Waals surface area contributed by atoms with E-state index in [9.17, 15) is 9.59 Å². The fourth-order valence-electron chi connectivity index (χ4n) is 2.28. The molecule has 25 heavy (non-hydrogen) atoms. The minimum atomic E-state index is -0.753. The summed E-state index contributed by atoms with van der Waals surface area (Å²) in [6, 6.07) is 13.0. The number of carbonyl (C=O) groups is 2. The average molecular weight is 343 g/mol. The van der Waals surface area contributed by atoms with Crippen LogP contribution in [-0.4, -0.2) is 33.2 Å². The lowest BCUT2D eigenvalue weighted by Crippen LogP contribution is -2.42. The molecule has 0 heterocycles. The van der Waals surface area contributed by atoms with E-state index in [4.69, 9.17) is 9.47 Å². The van der Waals surface area contributed by atoms with Crippen molar-refractivity contribution in [3.63, 3.8) is 0 Å². The number of methoxy groups -OCH3 is 2. The lowest BCUT2D eigenvalue weighted by molar-refractivity contribution is -0.120. The van der Waals surface area contributed by atoms with Crippen molar-refractivity contribution in [2.24, 2.45) is 0 Å². The first-order valence-electron chi connectivity index (χ1n) is 7.65. The Morgan fingerprint density at radius 1 is 0.960 bits per heavy atom. The summed E-state index contributed by atoms with van der Waals surface area (Å²) in [6.07, 6.45) is 0. The molecule has 3 N–H and O–H groups in total. The minimum Gasteiger partial charge on any atom is -0.493 e. The van der Waals surface area contributed by atoms with Crippen LogP contribution in [-0.2, 0) is 4.79 Å². The van der Waals surface area contributed by atoms with Gasteiger partial charge in [-0.2, -0.15) is 0 Å². The van der Waals surface area contributed by atoms with Crippen LogP contribution in [0.15, 0.2) is 48.5 Å². The van der Waals surface area contributed by atoms with Crippen molar-refractivity contribution >= 4 is 17.6 Å². The third-order valence-corrected chi connectivity index (χ3v) is 3.55. The van der Waals surface area contributed by atoms with E-state index in [0.717, 1.165) is 5.56 Å². The van der Waals surface area contributed by atoms with Crippen molar-refractivity contribution in [1.82, 2.24) is 10.6 Å². The molecule has 0 radical (unpaired) electrons. The maximum Gasteiger partial charge on any atom is 0.321 e. The standard InChI is InChI=1S/C18H21N3O4/c1-19-18(23)21-17(22)16(12-7-5-4-6-8-12)20-13-9-10-14(24-2)15(11-13)25-3/h4-11,16,20H,1-3H3,(H2,19,21,22,23)/t16-/m1/s1. The zero-order chi connectivity index (χ0) is 18.2. The van der Waals surface area contributed by atoms with Gasteiger partial charge in [0, 0.05) is 18.8 Å². The van der Waals surface area contributed by atoms with Crippen LogP contribution >= 0.6 is 0 Å². The van der Waals surface area contributed by atoms with Crippen molar-refractivity contribution in [1.29, 1.82) is 0 Å². The molecule has 2 aromatic rings. The number of hydrogen-bond acceptors (Lipinski definition) is 5. The summed E-state index contributed by atoms with van der Waals surface area (Å²) < 4.78 is 10.5. The number of amides is 3. The number of urea groups is 1. The monoisotopic (exact) mass is 343 g/mol. The third-order valence-electron chi connectivity index (χ3n) is 3.55. The Labute approximate surface area is 146 Å². The Morgan fingerprint density at radius 2 is 1.64 bits per heavy atom. The molecular formula is C18H21N3O4. The number of hydrogen-bond donors (Lipinski definition) is 3. The van der Waals surface area contributed by atoms with E-state index in [1.165, 1.54) is 14.2 Å². The van der Waals surface area contributed by atoms with Gasteiger partial charge in [0.25, 0.3) is 5.91 Å². The summed E-state index contributed by atoms with van der Waals surface area (Å²) in [7, 11) is 4.53. The summed E-state index contributed by atoms with van der Waals surface area (Å²) in [5.74, 6) is 0.644. The Balaban J connectivity index is 2.30. The van der Waals surface area contributed by atoms with Crippen LogP contribution in [0.3, 0.4) is 0 Å². The third kappa shape index (κ3) is 4.63. The molecule has 7 nitrogen and oxygen atoms in total. The van der Waals surface area contributed by atoms with Gasteiger partial charge in [-0.05, 0) is 17.7 Å². The first-order valence-corrected chi connectivity index (χ1v) is 7.65. The second kappa shape index (κ2) is 8.58. The zero-order valence-electron chi connectivity index (χ0n) is 14.3. The highest BCUT2D eigenvalue weighted by Crippen LogP contribution is 2.31. The summed E-state index contributed by atoms with van der Waals surface area (Å²) in [6.45, 7) is 0. The van der Waals surface area contributed by atoms with Crippen LogP contribution in [0.1, 0.15) is 11.6 Å². The Hall–Kier alpha value is -3.22. The first kappa shape index (κ1) is 18.1. The number of carbonyl (C=O) groups excluding carboxylic acids is 2. The van der Waals surface area contributed by atoms with Crippen molar-refractivity contribution in [3.8, 4) is 11.5 Å². The highest BCUT2D eigenvalue weighted by molar-refractivity contribution is 5.98. The second-order valence-corrected chi connectivity index (χ2v) is 5.13. The number of imide groups is 1. The molecule has 3 amide bonds. The number of benzene rings is 2. The molecular weight excluding hydrogens is 322 g/mol. The lowest BCUT2D eigenvalue weighted by atomic mass is 10.1. The highest BCUT2D eigenvalue weighted by Gasteiger charge is 2.22. The molecule has 0 saturated carbocycles. The molecule has 0 fully saturated rings. The average Bonchev–Trinajstić information content (AvgIpc) is 2.66. The van der Waals surface area contributed by atoms with E-state index in [-0.39, 0.29) is 0 Å². The number of anilines is 1. The maximum atomic E-state index is 12.5. The van der Waals surface area contributed by atoms with E-state index in [0.29, 0.717) is 17.2 Å². The predicted molar refractivity (Wildman–Crippen MR) is 95.0 cm³/mol. The van der Waals surface area contributed by atoms with Gasteiger partial charge in [0.15, 0.2) is 11.5 Å². The summed E-state index contributed by atoms with van der Waals surface area (Å²) >= 11 is 0. The lowest BCUT2D eigenvalue weighted by Gasteiger charge is -2.20. The molecule has 0 aliphatic carbocycles. The quantitative estimate of drug-likeness (QED) is 0.749. The van der Waals surface area contributed by atoms with Crippen LogP contribution < -0.4 is 25.4 Å². The van der Waals surface area contributed by atoms with E-state index in [2.05, 4.69) is 16.0 Å². The predicted octanol–water partition coefficient (Wildman–Crippen LogP) is 2.31. The maximum absolute atomic E-state index is 12.5. The molecule has 0 bridgehead atoms. The van der Waals surface area contributed by atoms with Gasteiger partial charge in [-0.25, -0.2) is 4.79 Å². The van der Waals surface area contributed by atoms with E-state index < -0.39 is 18.0 Å². The Kier molecular flexibility index (Phi) is 6.22. The second-order valence-electron chi connectivity index (χ2n) is 5.13. The van der Waals surface area contributed by atoms with E-state index in [1.54, 1.807) is 25.3 Å². The molecule has 0 aliphatic rings. The SMILES string of the molecule is CNC(=O)NC(=O)[C@H](Nc1ccc(OC)c(OC)c1)c1ccccc1. The van der Waals surface area contributed by atoms with Crippen molar-refractivity contribution < 1.29 is 19.1 Å². The molecule has 0 spiro atoms. The molecule has 1 atom stereocenters. The first-order chi connectivity index (χ1) is 12.1. The van der Waals surface area contributed by atoms with Crippen LogP contribution in [0.2, 0.25) is 0 Å². The fourth-order valence-corrected chi connectivity index (χ4v) is 2.28. The molecule has 2 rings (SSSR count). The molecule has 132 valence electrons. The molecule has 0 saturated heterocycles. The van der Waals surface area contributed by atoms with Crippen LogP contribution in [0, 0.1) is 0 Å². The molecule has 0 aromatic heterocycles.